The lowest BCUT2D eigenvalue weighted by Crippen LogP contribution is -2.40. The van der Waals surface area contributed by atoms with Crippen LogP contribution in [0.4, 0.5) is 5.69 Å². The van der Waals surface area contributed by atoms with Gasteiger partial charge in [-0.05, 0) is 13.0 Å². The van der Waals surface area contributed by atoms with Crippen molar-refractivity contribution < 1.29 is 9.66 Å². The van der Waals surface area contributed by atoms with Crippen molar-refractivity contribution in [2.75, 3.05) is 6.61 Å². The third kappa shape index (κ3) is 3.59. The van der Waals surface area contributed by atoms with Crippen molar-refractivity contribution >= 4 is 17.3 Å². The maximum absolute atomic E-state index is 10.7. The van der Waals surface area contributed by atoms with Crippen molar-refractivity contribution in [1.29, 1.82) is 5.26 Å². The Balaban J connectivity index is 2.94. The quantitative estimate of drug-likeness (QED) is 0.653. The van der Waals surface area contributed by atoms with E-state index in [1.807, 2.05) is 6.07 Å². The van der Waals surface area contributed by atoms with Crippen molar-refractivity contribution in [2.24, 2.45) is 5.73 Å². The van der Waals surface area contributed by atoms with Crippen LogP contribution in [0.15, 0.2) is 18.2 Å². The summed E-state index contributed by atoms with van der Waals surface area (Å²) in [5.41, 5.74) is 4.11. The van der Waals surface area contributed by atoms with Gasteiger partial charge in [0, 0.05) is 17.2 Å². The fraction of sp³-hybridized carbons (Fsp3) is 0.300. The Morgan fingerprint density at radius 2 is 2.35 bits per heavy atom. The molecule has 0 aliphatic heterocycles. The van der Waals surface area contributed by atoms with Crippen LogP contribution in [0.25, 0.3) is 0 Å². The Morgan fingerprint density at radius 3 is 2.88 bits per heavy atom. The standard InChI is InChI=1S/C10H10ClN3O3/c1-10(13,5-12)6-17-9-4-7(11)2-3-8(9)14(15)16/h2-4H,6,13H2,1H3. The zero-order chi connectivity index (χ0) is 13.1. The summed E-state index contributed by atoms with van der Waals surface area (Å²) in [6.45, 7) is 1.30. The SMILES string of the molecule is CC(N)(C#N)COc1cc(Cl)ccc1[N+](=O)[O-]. The van der Waals surface area contributed by atoms with Crippen LogP contribution in [0.5, 0.6) is 5.75 Å². The predicted molar refractivity (Wildman–Crippen MR) is 61.8 cm³/mol. The van der Waals surface area contributed by atoms with E-state index >= 15 is 0 Å². The molecule has 2 N–H and O–H groups in total. The summed E-state index contributed by atoms with van der Waals surface area (Å²) in [5, 5.41) is 19.7. The molecule has 7 heteroatoms. The lowest BCUT2D eigenvalue weighted by molar-refractivity contribution is -0.385. The van der Waals surface area contributed by atoms with Crippen LogP contribution in [-0.4, -0.2) is 17.1 Å². The van der Waals surface area contributed by atoms with Crippen molar-refractivity contribution in [3.05, 3.63) is 33.3 Å². The molecule has 0 radical (unpaired) electrons. The first kappa shape index (κ1) is 13.2. The van der Waals surface area contributed by atoms with Crippen LogP contribution in [0.3, 0.4) is 0 Å². The number of nitro benzene ring substituents is 1. The summed E-state index contributed by atoms with van der Waals surface area (Å²) in [6.07, 6.45) is 0. The number of ether oxygens (including phenoxy) is 1. The van der Waals surface area contributed by atoms with Gasteiger partial charge in [0.2, 0.25) is 0 Å². The van der Waals surface area contributed by atoms with E-state index in [0.29, 0.717) is 5.02 Å². The largest absolute Gasteiger partial charge is 0.484 e. The van der Waals surface area contributed by atoms with Gasteiger partial charge in [0.1, 0.15) is 12.1 Å². The average molecular weight is 256 g/mol. The summed E-state index contributed by atoms with van der Waals surface area (Å²) >= 11 is 5.71. The molecular formula is C10H10ClN3O3. The fourth-order valence-corrected chi connectivity index (χ4v) is 1.18. The first-order valence-corrected chi connectivity index (χ1v) is 5.00. The van der Waals surface area contributed by atoms with E-state index in [0.717, 1.165) is 0 Å². The number of hydrogen-bond donors (Lipinski definition) is 1. The molecule has 1 aromatic carbocycles. The van der Waals surface area contributed by atoms with Gasteiger partial charge in [-0.25, -0.2) is 0 Å². The Kier molecular flexibility index (Phi) is 3.89. The molecule has 90 valence electrons. The lowest BCUT2D eigenvalue weighted by Gasteiger charge is -2.16. The van der Waals surface area contributed by atoms with E-state index in [-0.39, 0.29) is 18.0 Å². The topological polar surface area (TPSA) is 102 Å². The van der Waals surface area contributed by atoms with Crippen LogP contribution in [0, 0.1) is 21.4 Å². The maximum Gasteiger partial charge on any atom is 0.311 e. The third-order valence-corrected chi connectivity index (χ3v) is 2.14. The van der Waals surface area contributed by atoms with Crippen molar-refractivity contribution in [2.45, 2.75) is 12.5 Å². The Labute approximate surface area is 103 Å². The lowest BCUT2D eigenvalue weighted by atomic mass is 10.1. The highest BCUT2D eigenvalue weighted by Crippen LogP contribution is 2.30. The molecular weight excluding hydrogens is 246 g/mol. The van der Waals surface area contributed by atoms with Gasteiger partial charge in [-0.2, -0.15) is 5.26 Å². The van der Waals surface area contributed by atoms with Gasteiger partial charge in [0.15, 0.2) is 5.75 Å². The van der Waals surface area contributed by atoms with Gasteiger partial charge in [0.25, 0.3) is 0 Å². The normalized spacial score (nSPS) is 13.5. The number of nitrogens with two attached hydrogens (primary N) is 1. The van der Waals surface area contributed by atoms with Crippen LogP contribution < -0.4 is 10.5 Å². The van der Waals surface area contributed by atoms with E-state index in [1.54, 1.807) is 0 Å². The van der Waals surface area contributed by atoms with E-state index < -0.39 is 10.5 Å². The van der Waals surface area contributed by atoms with Crippen molar-refractivity contribution in [3.8, 4) is 11.8 Å². The van der Waals surface area contributed by atoms with Crippen LogP contribution in [0.2, 0.25) is 5.02 Å². The molecule has 6 nitrogen and oxygen atoms in total. The molecule has 0 aliphatic rings. The molecule has 0 amide bonds. The van der Waals surface area contributed by atoms with Crippen molar-refractivity contribution in [1.82, 2.24) is 0 Å². The molecule has 0 aromatic heterocycles. The minimum atomic E-state index is -1.21. The van der Waals surface area contributed by atoms with E-state index in [9.17, 15) is 10.1 Å². The number of nitrogens with zero attached hydrogens (tertiary/aromatic N) is 2. The first-order valence-electron chi connectivity index (χ1n) is 4.62. The summed E-state index contributed by atoms with van der Waals surface area (Å²) in [7, 11) is 0. The molecule has 1 atom stereocenters. The predicted octanol–water partition coefficient (Wildman–Crippen LogP) is 1.87. The van der Waals surface area contributed by atoms with E-state index in [4.69, 9.17) is 27.3 Å². The van der Waals surface area contributed by atoms with Gasteiger partial charge in [-0.3, -0.25) is 10.1 Å². The summed E-state index contributed by atoms with van der Waals surface area (Å²) in [6, 6.07) is 5.76. The Bertz CT molecular complexity index is 482. The van der Waals surface area contributed by atoms with E-state index in [1.165, 1.54) is 25.1 Å². The zero-order valence-corrected chi connectivity index (χ0v) is 9.77. The second kappa shape index (κ2) is 4.99. The molecule has 0 saturated heterocycles. The smallest absolute Gasteiger partial charge is 0.311 e. The molecule has 0 heterocycles. The summed E-state index contributed by atoms with van der Waals surface area (Å²) in [5.74, 6) is -0.00516. The molecule has 1 aromatic rings. The molecule has 0 aliphatic carbocycles. The minimum absolute atomic E-state index is 0.00516. The highest BCUT2D eigenvalue weighted by Gasteiger charge is 2.22. The van der Waals surface area contributed by atoms with Gasteiger partial charge >= 0.3 is 5.69 Å². The van der Waals surface area contributed by atoms with Crippen LogP contribution >= 0.6 is 11.6 Å². The summed E-state index contributed by atoms with van der Waals surface area (Å²) < 4.78 is 5.16. The second-order valence-electron chi connectivity index (χ2n) is 3.69. The highest BCUT2D eigenvalue weighted by molar-refractivity contribution is 6.30. The Hall–Kier alpha value is -1.84. The first-order chi connectivity index (χ1) is 7.85. The number of nitriles is 1. The number of benzene rings is 1. The fourth-order valence-electron chi connectivity index (χ4n) is 1.01. The molecule has 0 bridgehead atoms. The zero-order valence-electron chi connectivity index (χ0n) is 9.01. The molecule has 1 unspecified atom stereocenters. The maximum atomic E-state index is 10.7. The second-order valence-corrected chi connectivity index (χ2v) is 4.12. The van der Waals surface area contributed by atoms with E-state index in [2.05, 4.69) is 0 Å². The summed E-state index contributed by atoms with van der Waals surface area (Å²) in [4.78, 5) is 10.1. The van der Waals surface area contributed by atoms with Gasteiger partial charge in [0.05, 0.1) is 11.0 Å². The minimum Gasteiger partial charge on any atom is -0.484 e. The number of halogens is 1. The van der Waals surface area contributed by atoms with Crippen LogP contribution in [0.1, 0.15) is 6.92 Å². The number of nitro groups is 1. The Morgan fingerprint density at radius 1 is 1.71 bits per heavy atom. The van der Waals surface area contributed by atoms with Gasteiger partial charge < -0.3 is 10.5 Å². The average Bonchev–Trinajstić information content (AvgIpc) is 2.26. The van der Waals surface area contributed by atoms with Crippen molar-refractivity contribution in [3.63, 3.8) is 0 Å². The monoisotopic (exact) mass is 255 g/mol. The molecule has 0 spiro atoms. The number of hydrogen-bond acceptors (Lipinski definition) is 5. The third-order valence-electron chi connectivity index (χ3n) is 1.90. The molecule has 17 heavy (non-hydrogen) atoms. The van der Waals surface area contributed by atoms with Gasteiger partial charge in [-0.1, -0.05) is 11.6 Å². The molecule has 0 fully saturated rings. The number of rotatable bonds is 4. The van der Waals surface area contributed by atoms with Gasteiger partial charge in [-0.15, -0.1) is 0 Å². The highest BCUT2D eigenvalue weighted by atomic mass is 35.5. The molecule has 1 rings (SSSR count). The molecule has 0 saturated carbocycles. The van der Waals surface area contributed by atoms with Crippen LogP contribution in [-0.2, 0) is 0 Å².